The summed E-state index contributed by atoms with van der Waals surface area (Å²) in [6.45, 7) is 0.221. The molecule has 0 saturated carbocycles. The molecule has 2 amide bonds. The van der Waals surface area contributed by atoms with Gasteiger partial charge in [0.25, 0.3) is 5.91 Å². The van der Waals surface area contributed by atoms with Crippen molar-refractivity contribution in [3.8, 4) is 5.75 Å². The molecule has 1 unspecified atom stereocenters. The van der Waals surface area contributed by atoms with Crippen LogP contribution in [0.2, 0.25) is 0 Å². The summed E-state index contributed by atoms with van der Waals surface area (Å²) in [6, 6.07) is 5.79. The Bertz CT molecular complexity index is 1160. The van der Waals surface area contributed by atoms with Crippen LogP contribution in [-0.2, 0) is 30.5 Å². The number of imide groups is 1. The van der Waals surface area contributed by atoms with E-state index in [4.69, 9.17) is 14.5 Å². The highest BCUT2D eigenvalue weighted by Gasteiger charge is 2.57. The fourth-order valence-corrected chi connectivity index (χ4v) is 3.50. The Morgan fingerprint density at radius 2 is 1.82 bits per heavy atom. The van der Waals surface area contributed by atoms with Gasteiger partial charge >= 0.3 is 20.1 Å². The second-order valence-corrected chi connectivity index (χ2v) is 8.12. The van der Waals surface area contributed by atoms with E-state index >= 15 is 4.39 Å². The Balaban J connectivity index is 2.16. The number of fused-ring (bicyclic) bond motifs is 1. The Morgan fingerprint density at radius 1 is 1.15 bits per heavy atom. The van der Waals surface area contributed by atoms with Gasteiger partial charge < -0.3 is 19.3 Å². The Kier molecular flexibility index (Phi) is 6.28. The predicted molar refractivity (Wildman–Crippen MR) is 103 cm³/mol. The van der Waals surface area contributed by atoms with Gasteiger partial charge in [-0.3, -0.25) is 4.79 Å². The summed E-state index contributed by atoms with van der Waals surface area (Å²) in [5.41, 5.74) is -5.64. The van der Waals surface area contributed by atoms with E-state index in [1.54, 1.807) is 13.0 Å². The molecule has 33 heavy (non-hydrogen) atoms. The molecule has 14 heteroatoms. The molecule has 3 rings (SSSR count). The van der Waals surface area contributed by atoms with Crippen LogP contribution in [-0.4, -0.2) is 35.7 Å². The van der Waals surface area contributed by atoms with Crippen LogP contribution in [0.5, 0.6) is 5.75 Å². The molecule has 1 aliphatic heterocycles. The lowest BCUT2D eigenvalue weighted by Crippen LogP contribution is -2.42. The molecule has 0 aromatic heterocycles. The van der Waals surface area contributed by atoms with E-state index in [0.29, 0.717) is 17.7 Å². The van der Waals surface area contributed by atoms with Crippen molar-refractivity contribution >= 4 is 25.5 Å². The summed E-state index contributed by atoms with van der Waals surface area (Å²) in [6.07, 6.45) is -6.60. The maximum absolute atomic E-state index is 16.5. The molecule has 9 nitrogen and oxygen atoms in total. The predicted octanol–water partition coefficient (Wildman–Crippen LogP) is 3.79. The van der Waals surface area contributed by atoms with Crippen molar-refractivity contribution in [2.75, 3.05) is 18.8 Å². The first kappa shape index (κ1) is 24.6. The van der Waals surface area contributed by atoms with Crippen molar-refractivity contribution in [3.05, 3.63) is 58.7 Å². The standard InChI is InChI=1S/C19H16F4NO8P/c1-10-3-6-15(30-2)13(7-10)18(20)12-5-4-11(19(21,22)23)8-14(12)24(16(18)25)17(26)31-9-32-33(27,28)29/h3-8H,9H2,1-2H3,(H2,27,28,29). The zero-order valence-electron chi connectivity index (χ0n) is 16.9. The second-order valence-electron chi connectivity index (χ2n) is 6.88. The average Bonchev–Trinajstić information content (AvgIpc) is 2.94. The number of ether oxygens (including phenoxy) is 2. The van der Waals surface area contributed by atoms with Gasteiger partial charge in [-0.1, -0.05) is 17.7 Å². The zero-order chi connectivity index (χ0) is 24.8. The number of hydrogen-bond acceptors (Lipinski definition) is 6. The first-order valence-electron chi connectivity index (χ1n) is 8.97. The fourth-order valence-electron chi connectivity index (χ4n) is 3.31. The molecule has 0 aliphatic carbocycles. The number of phosphoric acid groups is 1. The zero-order valence-corrected chi connectivity index (χ0v) is 17.8. The summed E-state index contributed by atoms with van der Waals surface area (Å²) >= 11 is 0. The van der Waals surface area contributed by atoms with Crippen molar-refractivity contribution in [2.24, 2.45) is 0 Å². The molecular weight excluding hydrogens is 477 g/mol. The Hall–Kier alpha value is -2.99. The van der Waals surface area contributed by atoms with E-state index in [-0.39, 0.29) is 16.2 Å². The van der Waals surface area contributed by atoms with E-state index in [9.17, 15) is 27.3 Å². The van der Waals surface area contributed by atoms with Crippen LogP contribution >= 0.6 is 7.82 Å². The van der Waals surface area contributed by atoms with Crippen LogP contribution in [0.4, 0.5) is 28.0 Å². The number of carbonyl (C=O) groups excluding carboxylic acids is 2. The molecular formula is C19H16F4NO8P. The minimum Gasteiger partial charge on any atom is -0.496 e. The fraction of sp³-hybridized carbons (Fsp3) is 0.263. The number of alkyl halides is 4. The molecule has 178 valence electrons. The SMILES string of the molecule is COc1ccc(C)cc1C1(F)C(=O)N(C(=O)OCOP(=O)(O)O)c2cc(C(F)(F)F)ccc21. The molecule has 0 fully saturated rings. The molecule has 0 spiro atoms. The molecule has 2 aromatic carbocycles. The van der Waals surface area contributed by atoms with Crippen molar-refractivity contribution < 1.29 is 55.5 Å². The van der Waals surface area contributed by atoms with E-state index in [2.05, 4.69) is 9.26 Å². The molecule has 1 aliphatic rings. The van der Waals surface area contributed by atoms with Crippen LogP contribution in [0.15, 0.2) is 36.4 Å². The van der Waals surface area contributed by atoms with Crippen LogP contribution in [0.1, 0.15) is 22.3 Å². The van der Waals surface area contributed by atoms with Gasteiger partial charge in [0.05, 0.1) is 18.4 Å². The number of nitrogens with zero attached hydrogens (tertiary/aromatic N) is 1. The van der Waals surface area contributed by atoms with Gasteiger partial charge in [-0.15, -0.1) is 0 Å². The van der Waals surface area contributed by atoms with Gasteiger partial charge in [-0.25, -0.2) is 23.2 Å². The number of amides is 2. The maximum atomic E-state index is 16.5. The number of rotatable bonds is 5. The Labute approximate surface area is 183 Å². The van der Waals surface area contributed by atoms with Crippen molar-refractivity contribution in [2.45, 2.75) is 18.8 Å². The minimum absolute atomic E-state index is 0.00931. The number of carbonyl (C=O) groups is 2. The molecule has 0 bridgehead atoms. The van der Waals surface area contributed by atoms with Crippen LogP contribution in [0, 0.1) is 6.92 Å². The number of aryl methyl sites for hydroxylation is 1. The van der Waals surface area contributed by atoms with Gasteiger partial charge in [-0.2, -0.15) is 13.2 Å². The van der Waals surface area contributed by atoms with Crippen molar-refractivity contribution in [1.82, 2.24) is 0 Å². The molecule has 0 radical (unpaired) electrons. The van der Waals surface area contributed by atoms with Crippen LogP contribution in [0.3, 0.4) is 0 Å². The third kappa shape index (κ3) is 4.58. The second kappa shape index (κ2) is 8.41. The number of benzene rings is 2. The lowest BCUT2D eigenvalue weighted by atomic mass is 9.87. The number of anilines is 1. The number of phosphoric ester groups is 1. The van der Waals surface area contributed by atoms with Crippen LogP contribution in [0.25, 0.3) is 0 Å². The smallest absolute Gasteiger partial charge is 0.472 e. The molecule has 1 atom stereocenters. The van der Waals surface area contributed by atoms with E-state index in [1.165, 1.54) is 19.2 Å². The summed E-state index contributed by atoms with van der Waals surface area (Å²) in [7, 11) is -3.88. The van der Waals surface area contributed by atoms with Gasteiger partial charge in [0.1, 0.15) is 5.75 Å². The summed E-state index contributed by atoms with van der Waals surface area (Å²) < 4.78 is 80.5. The highest BCUT2D eigenvalue weighted by Crippen LogP contribution is 2.51. The van der Waals surface area contributed by atoms with E-state index < -0.39 is 55.3 Å². The van der Waals surface area contributed by atoms with Gasteiger partial charge in [0, 0.05) is 11.1 Å². The topological polar surface area (TPSA) is 123 Å². The third-order valence-corrected chi connectivity index (χ3v) is 5.19. The lowest BCUT2D eigenvalue weighted by Gasteiger charge is -2.23. The highest BCUT2D eigenvalue weighted by molar-refractivity contribution is 7.46. The van der Waals surface area contributed by atoms with E-state index in [1.807, 2.05) is 0 Å². The van der Waals surface area contributed by atoms with Crippen molar-refractivity contribution in [1.29, 1.82) is 0 Å². The average molecular weight is 493 g/mol. The van der Waals surface area contributed by atoms with Gasteiger partial charge in [0.15, 0.2) is 0 Å². The maximum Gasteiger partial charge on any atom is 0.472 e. The first-order valence-corrected chi connectivity index (χ1v) is 10.5. The largest absolute Gasteiger partial charge is 0.496 e. The minimum atomic E-state index is -5.07. The normalized spacial score (nSPS) is 18.3. The Morgan fingerprint density at radius 3 is 2.39 bits per heavy atom. The monoisotopic (exact) mass is 493 g/mol. The molecule has 0 saturated heterocycles. The number of methoxy groups -OCH3 is 1. The highest BCUT2D eigenvalue weighted by atomic mass is 31.2. The summed E-state index contributed by atoms with van der Waals surface area (Å²) in [5, 5.41) is 0. The van der Waals surface area contributed by atoms with E-state index in [0.717, 1.165) is 6.07 Å². The summed E-state index contributed by atoms with van der Waals surface area (Å²) in [4.78, 5) is 43.0. The summed E-state index contributed by atoms with van der Waals surface area (Å²) in [5.74, 6) is -1.72. The lowest BCUT2D eigenvalue weighted by molar-refractivity contribution is -0.137. The molecule has 1 heterocycles. The molecule has 2 N–H and O–H groups in total. The third-order valence-electron chi connectivity index (χ3n) is 4.75. The van der Waals surface area contributed by atoms with Gasteiger partial charge in [-0.05, 0) is 31.2 Å². The number of halogens is 4. The van der Waals surface area contributed by atoms with Crippen molar-refractivity contribution in [3.63, 3.8) is 0 Å². The number of hydrogen-bond donors (Lipinski definition) is 2. The first-order chi connectivity index (χ1) is 15.2. The quantitative estimate of drug-likeness (QED) is 0.367. The molecule has 2 aromatic rings. The van der Waals surface area contributed by atoms with Crippen LogP contribution < -0.4 is 9.64 Å². The van der Waals surface area contributed by atoms with Gasteiger partial charge in [0.2, 0.25) is 12.5 Å².